The lowest BCUT2D eigenvalue weighted by atomic mass is 9.89. The average molecular weight is 252 g/mol. The van der Waals surface area contributed by atoms with Crippen LogP contribution in [0.2, 0.25) is 0 Å². The van der Waals surface area contributed by atoms with Crippen LogP contribution in [0.4, 0.5) is 11.4 Å². The number of hydrogen-bond acceptors (Lipinski definition) is 4. The molecule has 0 saturated carbocycles. The second-order valence-electron chi connectivity index (χ2n) is 5.18. The van der Waals surface area contributed by atoms with Gasteiger partial charge in [0, 0.05) is 20.3 Å². The summed E-state index contributed by atoms with van der Waals surface area (Å²) in [5.41, 5.74) is 7.74. The van der Waals surface area contributed by atoms with E-state index in [0.29, 0.717) is 11.4 Å². The summed E-state index contributed by atoms with van der Waals surface area (Å²) in [6, 6.07) is 5.75. The molecule has 0 amide bonds. The summed E-state index contributed by atoms with van der Waals surface area (Å²) in [4.78, 5) is 0. The summed E-state index contributed by atoms with van der Waals surface area (Å²) in [6.45, 7) is 6.01. The molecular weight excluding hydrogens is 228 g/mol. The molecule has 1 aromatic carbocycles. The third-order valence-electron chi connectivity index (χ3n) is 3.03. The van der Waals surface area contributed by atoms with Crippen molar-refractivity contribution >= 4 is 11.4 Å². The molecule has 0 bridgehead atoms. The van der Waals surface area contributed by atoms with Gasteiger partial charge in [0.05, 0.1) is 18.5 Å². The normalized spacial score (nSPS) is 11.3. The van der Waals surface area contributed by atoms with Crippen molar-refractivity contribution < 1.29 is 9.47 Å². The van der Waals surface area contributed by atoms with Gasteiger partial charge in [-0.1, -0.05) is 19.9 Å². The van der Waals surface area contributed by atoms with Gasteiger partial charge in [0.15, 0.2) is 0 Å². The van der Waals surface area contributed by atoms with Gasteiger partial charge in [0.1, 0.15) is 5.75 Å². The SMILES string of the molecule is COCCC(C)(C)CNc1cccc(OC)c1N. The predicted molar refractivity (Wildman–Crippen MR) is 76.2 cm³/mol. The summed E-state index contributed by atoms with van der Waals surface area (Å²) in [6.07, 6.45) is 1.00. The van der Waals surface area contributed by atoms with Crippen LogP contribution in [-0.4, -0.2) is 27.4 Å². The van der Waals surface area contributed by atoms with Gasteiger partial charge in [-0.2, -0.15) is 0 Å². The standard InChI is InChI=1S/C14H24N2O2/c1-14(2,8-9-17-3)10-16-11-6-5-7-12(18-4)13(11)15/h5-7,16H,8-10,15H2,1-4H3. The van der Waals surface area contributed by atoms with Gasteiger partial charge in [0.25, 0.3) is 0 Å². The first-order chi connectivity index (χ1) is 8.50. The molecule has 0 atom stereocenters. The van der Waals surface area contributed by atoms with Crippen LogP contribution in [0.15, 0.2) is 18.2 Å². The maximum absolute atomic E-state index is 6.01. The van der Waals surface area contributed by atoms with E-state index in [1.54, 1.807) is 14.2 Å². The van der Waals surface area contributed by atoms with Gasteiger partial charge in [-0.15, -0.1) is 0 Å². The fourth-order valence-corrected chi connectivity index (χ4v) is 1.68. The van der Waals surface area contributed by atoms with Gasteiger partial charge in [-0.25, -0.2) is 0 Å². The maximum Gasteiger partial charge on any atom is 0.143 e. The van der Waals surface area contributed by atoms with E-state index in [2.05, 4.69) is 19.2 Å². The van der Waals surface area contributed by atoms with Crippen molar-refractivity contribution in [3.63, 3.8) is 0 Å². The molecule has 102 valence electrons. The zero-order valence-corrected chi connectivity index (χ0v) is 11.7. The highest BCUT2D eigenvalue weighted by Gasteiger charge is 2.18. The highest BCUT2D eigenvalue weighted by Crippen LogP contribution is 2.30. The zero-order valence-electron chi connectivity index (χ0n) is 11.7. The minimum absolute atomic E-state index is 0.158. The molecule has 0 aliphatic rings. The Morgan fingerprint density at radius 1 is 1.28 bits per heavy atom. The van der Waals surface area contributed by atoms with E-state index in [1.165, 1.54) is 0 Å². The number of nitrogen functional groups attached to an aromatic ring is 1. The van der Waals surface area contributed by atoms with Gasteiger partial charge in [-0.3, -0.25) is 0 Å². The van der Waals surface area contributed by atoms with E-state index in [-0.39, 0.29) is 5.41 Å². The van der Waals surface area contributed by atoms with Crippen LogP contribution in [0.5, 0.6) is 5.75 Å². The van der Waals surface area contributed by atoms with E-state index in [0.717, 1.165) is 25.3 Å². The summed E-state index contributed by atoms with van der Waals surface area (Å²) >= 11 is 0. The van der Waals surface area contributed by atoms with Crippen molar-refractivity contribution in [3.05, 3.63) is 18.2 Å². The summed E-state index contributed by atoms with van der Waals surface area (Å²) in [7, 11) is 3.35. The molecule has 1 aromatic rings. The highest BCUT2D eigenvalue weighted by molar-refractivity contribution is 5.72. The molecule has 0 aliphatic heterocycles. The minimum Gasteiger partial charge on any atom is -0.495 e. The van der Waals surface area contributed by atoms with E-state index >= 15 is 0 Å². The lowest BCUT2D eigenvalue weighted by Crippen LogP contribution is -2.25. The predicted octanol–water partition coefficient (Wildman–Crippen LogP) is 2.75. The first kappa shape index (κ1) is 14.6. The van der Waals surface area contributed by atoms with E-state index < -0.39 is 0 Å². The molecule has 1 rings (SSSR count). The largest absolute Gasteiger partial charge is 0.495 e. The summed E-state index contributed by atoms with van der Waals surface area (Å²) in [5.74, 6) is 0.703. The number of hydrogen-bond donors (Lipinski definition) is 2. The van der Waals surface area contributed by atoms with Gasteiger partial charge >= 0.3 is 0 Å². The van der Waals surface area contributed by atoms with Crippen LogP contribution in [0.3, 0.4) is 0 Å². The third-order valence-corrected chi connectivity index (χ3v) is 3.03. The number of nitrogens with one attached hydrogen (secondary N) is 1. The Balaban J connectivity index is 2.63. The van der Waals surface area contributed by atoms with E-state index in [1.807, 2.05) is 18.2 Å². The van der Waals surface area contributed by atoms with Crippen molar-refractivity contribution in [2.75, 3.05) is 38.4 Å². The Kier molecular flexibility index (Phi) is 5.28. The fraction of sp³-hybridized carbons (Fsp3) is 0.571. The van der Waals surface area contributed by atoms with Gasteiger partial charge in [-0.05, 0) is 24.0 Å². The Labute approximate surface area is 109 Å². The second kappa shape index (κ2) is 6.50. The van der Waals surface area contributed by atoms with Gasteiger partial charge < -0.3 is 20.5 Å². The number of methoxy groups -OCH3 is 2. The Hall–Kier alpha value is -1.42. The molecule has 18 heavy (non-hydrogen) atoms. The van der Waals surface area contributed by atoms with Crippen LogP contribution in [0, 0.1) is 5.41 Å². The number of benzene rings is 1. The van der Waals surface area contributed by atoms with Crippen LogP contribution in [0.1, 0.15) is 20.3 Å². The molecule has 0 radical (unpaired) electrons. The molecule has 0 heterocycles. The molecule has 0 saturated heterocycles. The molecule has 0 fully saturated rings. The van der Waals surface area contributed by atoms with Crippen molar-refractivity contribution in [2.45, 2.75) is 20.3 Å². The zero-order chi connectivity index (χ0) is 13.6. The summed E-state index contributed by atoms with van der Waals surface area (Å²) < 4.78 is 10.3. The average Bonchev–Trinajstić information content (AvgIpc) is 2.35. The van der Waals surface area contributed by atoms with Crippen LogP contribution < -0.4 is 15.8 Å². The number of rotatable bonds is 7. The molecule has 0 unspecified atom stereocenters. The number of nitrogens with two attached hydrogens (primary N) is 1. The second-order valence-corrected chi connectivity index (χ2v) is 5.18. The molecule has 4 heteroatoms. The monoisotopic (exact) mass is 252 g/mol. The van der Waals surface area contributed by atoms with Crippen LogP contribution in [-0.2, 0) is 4.74 Å². The van der Waals surface area contributed by atoms with Crippen LogP contribution in [0.25, 0.3) is 0 Å². The Morgan fingerprint density at radius 3 is 2.61 bits per heavy atom. The number of para-hydroxylation sites is 1. The molecule has 0 aromatic heterocycles. The first-order valence-electron chi connectivity index (χ1n) is 6.15. The third kappa shape index (κ3) is 4.11. The van der Waals surface area contributed by atoms with Gasteiger partial charge in [0.2, 0.25) is 0 Å². The molecule has 4 nitrogen and oxygen atoms in total. The fourth-order valence-electron chi connectivity index (χ4n) is 1.68. The highest BCUT2D eigenvalue weighted by atomic mass is 16.5. The smallest absolute Gasteiger partial charge is 0.143 e. The topological polar surface area (TPSA) is 56.5 Å². The Morgan fingerprint density at radius 2 is 2.00 bits per heavy atom. The first-order valence-corrected chi connectivity index (χ1v) is 6.15. The lowest BCUT2D eigenvalue weighted by molar-refractivity contribution is 0.157. The molecule has 3 N–H and O–H groups in total. The lowest BCUT2D eigenvalue weighted by Gasteiger charge is -2.25. The van der Waals surface area contributed by atoms with Crippen LogP contribution >= 0.6 is 0 Å². The number of ether oxygens (including phenoxy) is 2. The molecule has 0 spiro atoms. The maximum atomic E-state index is 6.01. The number of anilines is 2. The minimum atomic E-state index is 0.158. The van der Waals surface area contributed by atoms with E-state index in [4.69, 9.17) is 15.2 Å². The van der Waals surface area contributed by atoms with Crippen molar-refractivity contribution in [1.29, 1.82) is 0 Å². The Bertz CT molecular complexity index is 378. The quantitative estimate of drug-likeness (QED) is 0.733. The van der Waals surface area contributed by atoms with Crippen molar-refractivity contribution in [1.82, 2.24) is 0 Å². The van der Waals surface area contributed by atoms with Crippen molar-refractivity contribution in [2.24, 2.45) is 5.41 Å². The van der Waals surface area contributed by atoms with E-state index in [9.17, 15) is 0 Å². The molecular formula is C14H24N2O2. The summed E-state index contributed by atoms with van der Waals surface area (Å²) in [5, 5.41) is 3.38. The molecule has 0 aliphatic carbocycles. The van der Waals surface area contributed by atoms with Crippen molar-refractivity contribution in [3.8, 4) is 5.75 Å².